The van der Waals surface area contributed by atoms with Gasteiger partial charge in [-0.15, -0.1) is 0 Å². The third kappa shape index (κ3) is 3.08. The van der Waals surface area contributed by atoms with Gasteiger partial charge in [0.15, 0.2) is 16.6 Å². The maximum Gasteiger partial charge on any atom is 0.267 e. The average molecular weight is 307 g/mol. The third-order valence-corrected chi connectivity index (χ3v) is 3.98. The number of benzene rings is 1. The number of anilines is 2. The molecule has 0 atom stereocenters. The predicted molar refractivity (Wildman–Crippen MR) is 83.5 cm³/mol. The summed E-state index contributed by atoms with van der Waals surface area (Å²) < 4.78 is 10.5. The number of nitrogens with one attached hydrogen (secondary N) is 1. The minimum atomic E-state index is -0.239. The van der Waals surface area contributed by atoms with Crippen molar-refractivity contribution in [2.45, 2.75) is 13.8 Å². The molecule has 0 unspecified atom stereocenters. The topological polar surface area (TPSA) is 86.5 Å². The molecule has 0 aliphatic carbocycles. The molecule has 21 heavy (non-hydrogen) atoms. The van der Waals surface area contributed by atoms with Gasteiger partial charge in [0.05, 0.1) is 19.9 Å². The number of aromatic nitrogens is 1. The van der Waals surface area contributed by atoms with Gasteiger partial charge in [0.2, 0.25) is 0 Å². The van der Waals surface area contributed by atoms with Crippen molar-refractivity contribution in [1.82, 2.24) is 4.98 Å². The normalized spacial score (nSPS) is 10.3. The van der Waals surface area contributed by atoms with E-state index in [4.69, 9.17) is 15.2 Å². The number of carbonyl (C=O) groups is 1. The highest BCUT2D eigenvalue weighted by Gasteiger charge is 2.16. The summed E-state index contributed by atoms with van der Waals surface area (Å²) in [6.07, 6.45) is 0. The van der Waals surface area contributed by atoms with Gasteiger partial charge in [-0.05, 0) is 25.5 Å². The number of nitrogens with two attached hydrogens (primary N) is 1. The lowest BCUT2D eigenvalue weighted by molar-refractivity contribution is 0.102. The first kappa shape index (κ1) is 15.1. The summed E-state index contributed by atoms with van der Waals surface area (Å²) in [6, 6.07) is 3.54. The molecule has 112 valence electrons. The van der Waals surface area contributed by atoms with Crippen molar-refractivity contribution in [3.63, 3.8) is 0 Å². The molecule has 0 bridgehead atoms. The highest BCUT2D eigenvalue weighted by molar-refractivity contribution is 7.17. The summed E-state index contributed by atoms with van der Waals surface area (Å²) >= 11 is 1.16. The third-order valence-electron chi connectivity index (χ3n) is 3.00. The van der Waals surface area contributed by atoms with E-state index in [1.54, 1.807) is 27.2 Å². The Morgan fingerprint density at radius 1 is 1.24 bits per heavy atom. The minimum absolute atomic E-state index is 0.239. The lowest BCUT2D eigenvalue weighted by atomic mass is 10.1. The highest BCUT2D eigenvalue weighted by Crippen LogP contribution is 2.33. The van der Waals surface area contributed by atoms with E-state index in [0.29, 0.717) is 32.9 Å². The molecule has 1 heterocycles. The number of rotatable bonds is 4. The Morgan fingerprint density at radius 2 is 1.86 bits per heavy atom. The van der Waals surface area contributed by atoms with Crippen LogP contribution in [0.5, 0.6) is 11.5 Å². The zero-order chi connectivity index (χ0) is 15.6. The molecular formula is C14H17N3O3S. The van der Waals surface area contributed by atoms with E-state index >= 15 is 0 Å². The van der Waals surface area contributed by atoms with E-state index in [0.717, 1.165) is 16.9 Å². The second kappa shape index (κ2) is 6.01. The first-order chi connectivity index (χ1) is 9.96. The maximum atomic E-state index is 12.3. The second-order valence-electron chi connectivity index (χ2n) is 4.44. The summed E-state index contributed by atoms with van der Waals surface area (Å²) in [7, 11) is 3.12. The van der Waals surface area contributed by atoms with Crippen LogP contribution < -0.4 is 20.5 Å². The summed E-state index contributed by atoms with van der Waals surface area (Å²) in [5.74, 6) is 0.933. The van der Waals surface area contributed by atoms with Gasteiger partial charge in [-0.1, -0.05) is 11.3 Å². The van der Waals surface area contributed by atoms with Crippen LogP contribution in [-0.2, 0) is 0 Å². The van der Waals surface area contributed by atoms with Crippen LogP contribution in [0.2, 0.25) is 0 Å². The molecule has 1 amide bonds. The molecule has 6 nitrogen and oxygen atoms in total. The van der Waals surface area contributed by atoms with Crippen molar-refractivity contribution < 1.29 is 14.3 Å². The molecule has 1 aromatic heterocycles. The number of ether oxygens (including phenoxy) is 2. The van der Waals surface area contributed by atoms with Crippen LogP contribution in [0.3, 0.4) is 0 Å². The van der Waals surface area contributed by atoms with Crippen molar-refractivity contribution in [3.05, 3.63) is 28.3 Å². The van der Waals surface area contributed by atoms with E-state index in [2.05, 4.69) is 10.3 Å². The Kier molecular flexibility index (Phi) is 4.32. The number of amides is 1. The zero-order valence-corrected chi connectivity index (χ0v) is 13.1. The number of methoxy groups -OCH3 is 2. The fourth-order valence-electron chi connectivity index (χ4n) is 1.92. The Morgan fingerprint density at radius 3 is 2.38 bits per heavy atom. The van der Waals surface area contributed by atoms with E-state index in [1.165, 1.54) is 0 Å². The zero-order valence-electron chi connectivity index (χ0n) is 12.3. The molecule has 1 aromatic carbocycles. The molecule has 0 saturated carbocycles. The molecule has 2 aromatic rings. The number of thiazole rings is 1. The molecular weight excluding hydrogens is 290 g/mol. The van der Waals surface area contributed by atoms with Crippen molar-refractivity contribution in [2.75, 3.05) is 25.3 Å². The molecule has 0 radical (unpaired) electrons. The number of aryl methyl sites for hydroxylation is 2. The van der Waals surface area contributed by atoms with Crippen LogP contribution >= 0.6 is 11.3 Å². The summed E-state index contributed by atoms with van der Waals surface area (Å²) in [6.45, 7) is 3.63. The van der Waals surface area contributed by atoms with Crippen LogP contribution in [0.4, 0.5) is 10.8 Å². The van der Waals surface area contributed by atoms with Crippen molar-refractivity contribution in [1.29, 1.82) is 0 Å². The first-order valence-corrected chi connectivity index (χ1v) is 7.04. The molecule has 0 aliphatic heterocycles. The Hall–Kier alpha value is -2.28. The lowest BCUT2D eigenvalue weighted by Gasteiger charge is -2.13. The van der Waals surface area contributed by atoms with E-state index in [1.807, 2.05) is 13.0 Å². The number of nitrogens with zero attached hydrogens (tertiary/aromatic N) is 1. The molecule has 0 aliphatic rings. The van der Waals surface area contributed by atoms with E-state index < -0.39 is 0 Å². The minimum Gasteiger partial charge on any atom is -0.493 e. The average Bonchev–Trinajstić information content (AvgIpc) is 2.79. The van der Waals surface area contributed by atoms with E-state index in [-0.39, 0.29) is 5.91 Å². The highest BCUT2D eigenvalue weighted by atomic mass is 32.1. The monoisotopic (exact) mass is 307 g/mol. The Labute approximate surface area is 126 Å². The van der Waals surface area contributed by atoms with Crippen molar-refractivity contribution in [2.24, 2.45) is 0 Å². The van der Waals surface area contributed by atoms with Gasteiger partial charge in [-0.25, -0.2) is 4.98 Å². The summed E-state index contributed by atoms with van der Waals surface area (Å²) in [5.41, 5.74) is 7.76. The molecule has 7 heteroatoms. The quantitative estimate of drug-likeness (QED) is 0.906. The first-order valence-electron chi connectivity index (χ1n) is 6.23. The van der Waals surface area contributed by atoms with Crippen LogP contribution in [0, 0.1) is 13.8 Å². The SMILES string of the molecule is COc1cc(C)c(NC(=O)c2sc(N)nc2C)cc1OC. The molecule has 3 N–H and O–H groups in total. The number of hydrogen-bond donors (Lipinski definition) is 2. The fraction of sp³-hybridized carbons (Fsp3) is 0.286. The van der Waals surface area contributed by atoms with Gasteiger partial charge in [0.25, 0.3) is 5.91 Å². The second-order valence-corrected chi connectivity index (χ2v) is 5.47. The van der Waals surface area contributed by atoms with Gasteiger partial charge in [0, 0.05) is 11.8 Å². The van der Waals surface area contributed by atoms with Crippen LogP contribution in [0.15, 0.2) is 12.1 Å². The van der Waals surface area contributed by atoms with Gasteiger partial charge in [-0.3, -0.25) is 4.79 Å². The summed E-state index contributed by atoms with van der Waals surface area (Å²) in [5, 5.41) is 3.22. The standard InChI is InChI=1S/C14H17N3O3S/c1-7-5-10(19-3)11(20-4)6-9(7)17-13(18)12-8(2)16-14(15)21-12/h5-6H,1-4H3,(H2,15,16)(H,17,18). The van der Waals surface area contributed by atoms with Crippen LogP contribution in [-0.4, -0.2) is 25.1 Å². The maximum absolute atomic E-state index is 12.3. The Balaban J connectivity index is 2.31. The van der Waals surface area contributed by atoms with Crippen molar-refractivity contribution >= 4 is 28.1 Å². The van der Waals surface area contributed by atoms with Gasteiger partial charge < -0.3 is 20.5 Å². The number of hydrogen-bond acceptors (Lipinski definition) is 6. The molecule has 0 spiro atoms. The predicted octanol–water partition coefficient (Wildman–Crippen LogP) is 2.61. The number of carbonyl (C=O) groups excluding carboxylic acids is 1. The van der Waals surface area contributed by atoms with Crippen LogP contribution in [0.25, 0.3) is 0 Å². The largest absolute Gasteiger partial charge is 0.493 e. The Bertz CT molecular complexity index is 682. The number of nitrogen functional groups attached to an aromatic ring is 1. The lowest BCUT2D eigenvalue weighted by Crippen LogP contribution is -2.12. The molecule has 0 saturated heterocycles. The summed E-state index contributed by atoms with van der Waals surface area (Å²) in [4.78, 5) is 16.8. The smallest absolute Gasteiger partial charge is 0.267 e. The molecule has 2 rings (SSSR count). The fourth-order valence-corrected chi connectivity index (χ4v) is 2.65. The van der Waals surface area contributed by atoms with Gasteiger partial charge in [-0.2, -0.15) is 0 Å². The molecule has 0 fully saturated rings. The van der Waals surface area contributed by atoms with E-state index in [9.17, 15) is 4.79 Å². The van der Waals surface area contributed by atoms with Crippen LogP contribution in [0.1, 0.15) is 20.9 Å². The van der Waals surface area contributed by atoms with Gasteiger partial charge >= 0.3 is 0 Å². The van der Waals surface area contributed by atoms with Gasteiger partial charge in [0.1, 0.15) is 4.88 Å². The van der Waals surface area contributed by atoms with Crippen molar-refractivity contribution in [3.8, 4) is 11.5 Å².